The van der Waals surface area contributed by atoms with Crippen LogP contribution >= 0.6 is 35.7 Å². The molecule has 26 heavy (non-hydrogen) atoms. The second-order valence-corrected chi connectivity index (χ2v) is 8.13. The Morgan fingerprint density at radius 1 is 1.19 bits per heavy atom. The van der Waals surface area contributed by atoms with Crippen molar-refractivity contribution in [3.8, 4) is 0 Å². The van der Waals surface area contributed by atoms with Crippen LogP contribution < -0.4 is 10.6 Å². The highest BCUT2D eigenvalue weighted by Crippen LogP contribution is 2.36. The summed E-state index contributed by atoms with van der Waals surface area (Å²) in [6.07, 6.45) is 5.14. The van der Waals surface area contributed by atoms with E-state index in [0.717, 1.165) is 12.5 Å². The SMILES string of the molecule is CN=C(NCc1ccccc1F)NCC1(N2CCSCC2)CCCC1.I. The smallest absolute Gasteiger partial charge is 0.191 e. The minimum atomic E-state index is -0.177. The molecule has 1 saturated heterocycles. The highest BCUT2D eigenvalue weighted by molar-refractivity contribution is 14.0. The summed E-state index contributed by atoms with van der Waals surface area (Å²) in [5.41, 5.74) is 0.922. The molecule has 1 aromatic rings. The summed E-state index contributed by atoms with van der Waals surface area (Å²) in [6, 6.07) is 6.87. The molecule has 0 radical (unpaired) electrons. The molecular formula is C19H30FIN4S. The van der Waals surface area contributed by atoms with E-state index >= 15 is 0 Å². The van der Waals surface area contributed by atoms with Crippen molar-refractivity contribution in [2.75, 3.05) is 38.2 Å². The number of halogens is 2. The number of rotatable bonds is 5. The maximum Gasteiger partial charge on any atom is 0.191 e. The van der Waals surface area contributed by atoms with Crippen molar-refractivity contribution in [1.82, 2.24) is 15.5 Å². The van der Waals surface area contributed by atoms with Crippen molar-refractivity contribution in [2.45, 2.75) is 37.8 Å². The zero-order valence-electron chi connectivity index (χ0n) is 15.5. The van der Waals surface area contributed by atoms with Crippen molar-refractivity contribution in [1.29, 1.82) is 0 Å². The molecular weight excluding hydrogens is 462 g/mol. The van der Waals surface area contributed by atoms with Gasteiger partial charge < -0.3 is 10.6 Å². The maximum atomic E-state index is 13.8. The van der Waals surface area contributed by atoms with Gasteiger partial charge in [-0.2, -0.15) is 11.8 Å². The van der Waals surface area contributed by atoms with Crippen molar-refractivity contribution >= 4 is 41.7 Å². The van der Waals surface area contributed by atoms with Crippen LogP contribution in [0.2, 0.25) is 0 Å². The van der Waals surface area contributed by atoms with Crippen LogP contribution in [0.4, 0.5) is 4.39 Å². The Balaban J connectivity index is 0.00000243. The van der Waals surface area contributed by atoms with Crippen LogP contribution in [0, 0.1) is 5.82 Å². The van der Waals surface area contributed by atoms with E-state index in [9.17, 15) is 4.39 Å². The number of hydrogen-bond donors (Lipinski definition) is 2. The van der Waals surface area contributed by atoms with Gasteiger partial charge in [-0.1, -0.05) is 31.0 Å². The van der Waals surface area contributed by atoms with Crippen LogP contribution in [0.5, 0.6) is 0 Å². The van der Waals surface area contributed by atoms with Crippen LogP contribution in [0.3, 0.4) is 0 Å². The fraction of sp³-hybridized carbons (Fsp3) is 0.632. The molecule has 4 nitrogen and oxygen atoms in total. The predicted molar refractivity (Wildman–Crippen MR) is 120 cm³/mol. The third-order valence-electron chi connectivity index (χ3n) is 5.43. The molecule has 0 amide bonds. The Kier molecular flexibility index (Phi) is 8.96. The Hall–Kier alpha value is -0.540. The van der Waals surface area contributed by atoms with Crippen LogP contribution in [0.15, 0.2) is 29.3 Å². The van der Waals surface area contributed by atoms with Gasteiger partial charge in [-0.05, 0) is 18.9 Å². The van der Waals surface area contributed by atoms with Crippen LogP contribution in [0.1, 0.15) is 31.2 Å². The van der Waals surface area contributed by atoms with Gasteiger partial charge >= 0.3 is 0 Å². The average Bonchev–Trinajstić information content (AvgIpc) is 3.14. The average molecular weight is 492 g/mol. The molecule has 1 aliphatic heterocycles. The molecule has 7 heteroatoms. The summed E-state index contributed by atoms with van der Waals surface area (Å²) in [5, 5.41) is 6.75. The standard InChI is InChI=1S/C19H29FN4S.HI/c1-21-18(22-14-16-6-2-3-7-17(16)20)23-15-19(8-4-5-9-19)24-10-12-25-13-11-24;/h2-3,6-7H,4-5,8-15H2,1H3,(H2,21,22,23);1H. The molecule has 0 aromatic heterocycles. The topological polar surface area (TPSA) is 39.7 Å². The fourth-order valence-electron chi connectivity index (χ4n) is 3.97. The minimum Gasteiger partial charge on any atom is -0.355 e. The molecule has 2 aliphatic rings. The Bertz CT molecular complexity index is 587. The lowest BCUT2D eigenvalue weighted by Crippen LogP contribution is -2.57. The maximum absolute atomic E-state index is 13.8. The predicted octanol–water partition coefficient (Wildman–Crippen LogP) is 3.47. The number of benzene rings is 1. The Morgan fingerprint density at radius 3 is 2.54 bits per heavy atom. The summed E-state index contributed by atoms with van der Waals surface area (Å²) in [6.45, 7) is 3.73. The van der Waals surface area contributed by atoms with Crippen LogP contribution in [0.25, 0.3) is 0 Å². The first-order chi connectivity index (χ1) is 12.2. The zero-order chi connectivity index (χ0) is 17.5. The number of thioether (sulfide) groups is 1. The molecule has 0 atom stereocenters. The summed E-state index contributed by atoms with van der Waals surface area (Å²) in [4.78, 5) is 7.01. The van der Waals surface area contributed by atoms with Crippen LogP contribution in [-0.2, 0) is 6.54 Å². The Morgan fingerprint density at radius 2 is 1.88 bits per heavy atom. The van der Waals surface area contributed by atoms with Gasteiger partial charge in [-0.3, -0.25) is 9.89 Å². The molecule has 1 aromatic carbocycles. The van der Waals surface area contributed by atoms with Gasteiger partial charge in [0.25, 0.3) is 0 Å². The number of guanidine groups is 1. The molecule has 0 unspecified atom stereocenters. The second-order valence-electron chi connectivity index (χ2n) is 6.90. The van der Waals surface area contributed by atoms with E-state index < -0.39 is 0 Å². The first kappa shape index (κ1) is 21.8. The van der Waals surface area contributed by atoms with Gasteiger partial charge in [0.05, 0.1) is 0 Å². The molecule has 3 rings (SSSR count). The third-order valence-corrected chi connectivity index (χ3v) is 6.37. The molecule has 0 spiro atoms. The molecule has 1 aliphatic carbocycles. The lowest BCUT2D eigenvalue weighted by Gasteiger charge is -2.43. The van der Waals surface area contributed by atoms with Crippen molar-refractivity contribution in [3.05, 3.63) is 35.6 Å². The molecule has 2 fully saturated rings. The normalized spacial score (nSPS) is 20.5. The molecule has 1 heterocycles. The fourth-order valence-corrected chi connectivity index (χ4v) is 4.87. The monoisotopic (exact) mass is 492 g/mol. The van der Waals surface area contributed by atoms with Gasteiger partial charge in [0, 0.05) is 55.8 Å². The van der Waals surface area contributed by atoms with Crippen LogP contribution in [-0.4, -0.2) is 54.6 Å². The lowest BCUT2D eigenvalue weighted by atomic mass is 9.94. The largest absolute Gasteiger partial charge is 0.355 e. The van der Waals surface area contributed by atoms with E-state index in [1.165, 1.54) is 56.3 Å². The lowest BCUT2D eigenvalue weighted by molar-refractivity contribution is 0.107. The van der Waals surface area contributed by atoms with Gasteiger partial charge in [-0.25, -0.2) is 4.39 Å². The number of nitrogens with zero attached hydrogens (tertiary/aromatic N) is 2. The quantitative estimate of drug-likeness (QED) is 0.375. The van der Waals surface area contributed by atoms with E-state index in [2.05, 4.69) is 32.3 Å². The van der Waals surface area contributed by atoms with E-state index in [-0.39, 0.29) is 35.3 Å². The summed E-state index contributed by atoms with van der Waals surface area (Å²) >= 11 is 2.06. The molecule has 0 bridgehead atoms. The molecule has 2 N–H and O–H groups in total. The van der Waals surface area contributed by atoms with Crippen molar-refractivity contribution in [2.24, 2.45) is 4.99 Å². The van der Waals surface area contributed by atoms with Crippen molar-refractivity contribution < 1.29 is 4.39 Å². The number of aliphatic imine (C=N–C) groups is 1. The highest BCUT2D eigenvalue weighted by atomic mass is 127. The zero-order valence-corrected chi connectivity index (χ0v) is 18.6. The summed E-state index contributed by atoms with van der Waals surface area (Å²) < 4.78 is 13.8. The summed E-state index contributed by atoms with van der Waals surface area (Å²) in [5.74, 6) is 3.05. The second kappa shape index (κ2) is 10.7. The highest BCUT2D eigenvalue weighted by Gasteiger charge is 2.39. The van der Waals surface area contributed by atoms with Gasteiger partial charge in [-0.15, -0.1) is 24.0 Å². The first-order valence-electron chi connectivity index (χ1n) is 9.24. The van der Waals surface area contributed by atoms with Gasteiger partial charge in [0.15, 0.2) is 5.96 Å². The summed E-state index contributed by atoms with van der Waals surface area (Å²) in [7, 11) is 1.77. The first-order valence-corrected chi connectivity index (χ1v) is 10.4. The van der Waals surface area contributed by atoms with E-state index in [4.69, 9.17) is 0 Å². The van der Waals surface area contributed by atoms with E-state index in [0.29, 0.717) is 12.1 Å². The van der Waals surface area contributed by atoms with E-state index in [1.807, 2.05) is 6.07 Å². The minimum absolute atomic E-state index is 0. The number of nitrogens with one attached hydrogen (secondary N) is 2. The van der Waals surface area contributed by atoms with Gasteiger partial charge in [0.2, 0.25) is 0 Å². The number of hydrogen-bond acceptors (Lipinski definition) is 3. The molecule has 1 saturated carbocycles. The third kappa shape index (κ3) is 5.48. The van der Waals surface area contributed by atoms with Gasteiger partial charge in [0.1, 0.15) is 5.82 Å². The molecule has 146 valence electrons. The van der Waals surface area contributed by atoms with Crippen molar-refractivity contribution in [3.63, 3.8) is 0 Å². The van der Waals surface area contributed by atoms with E-state index in [1.54, 1.807) is 19.2 Å². The Labute approximate surface area is 177 Å².